The van der Waals surface area contributed by atoms with Crippen LogP contribution in [0.2, 0.25) is 0 Å². The molecule has 0 aromatic heterocycles. The summed E-state index contributed by atoms with van der Waals surface area (Å²) >= 11 is 0. The van der Waals surface area contributed by atoms with Gasteiger partial charge in [-0.1, -0.05) is 68.5 Å². The standard InChI is InChI=1S/C21H26N2O/c1-4-21(2,3)19(16-15-17-11-7-5-8-12-17)22-23-20(24)18-13-9-6-10-14-18/h4-14,19,22H,1,15-16H2,2-3H3,(H,23,24). The summed E-state index contributed by atoms with van der Waals surface area (Å²) in [7, 11) is 0. The first-order valence-corrected chi connectivity index (χ1v) is 8.31. The highest BCUT2D eigenvalue weighted by molar-refractivity contribution is 5.93. The lowest BCUT2D eigenvalue weighted by molar-refractivity contribution is 0.0910. The molecule has 0 fully saturated rings. The average Bonchev–Trinajstić information content (AvgIpc) is 2.62. The number of rotatable bonds is 8. The van der Waals surface area contributed by atoms with Crippen molar-refractivity contribution in [1.82, 2.24) is 10.9 Å². The normalized spacial score (nSPS) is 12.4. The monoisotopic (exact) mass is 322 g/mol. The minimum absolute atomic E-state index is 0.0860. The maximum atomic E-state index is 12.2. The first kappa shape index (κ1) is 18.0. The molecule has 1 unspecified atom stereocenters. The molecule has 3 heteroatoms. The summed E-state index contributed by atoms with van der Waals surface area (Å²) in [5.41, 5.74) is 7.84. The second-order valence-electron chi connectivity index (χ2n) is 6.57. The Balaban J connectivity index is 1.98. The highest BCUT2D eigenvalue weighted by Crippen LogP contribution is 2.25. The second kappa shape index (κ2) is 8.46. The molecular weight excluding hydrogens is 296 g/mol. The maximum absolute atomic E-state index is 12.2. The van der Waals surface area contributed by atoms with Gasteiger partial charge in [-0.25, -0.2) is 5.43 Å². The lowest BCUT2D eigenvalue weighted by Crippen LogP contribution is -2.50. The predicted octanol–water partition coefficient (Wildman–Crippen LogP) is 4.13. The summed E-state index contributed by atoms with van der Waals surface area (Å²) in [6.45, 7) is 8.19. The molecule has 1 amide bonds. The van der Waals surface area contributed by atoms with Crippen molar-refractivity contribution in [3.05, 3.63) is 84.4 Å². The topological polar surface area (TPSA) is 41.1 Å². The summed E-state index contributed by atoms with van der Waals surface area (Å²) in [5.74, 6) is -0.125. The first-order valence-electron chi connectivity index (χ1n) is 8.31. The molecule has 0 saturated heterocycles. The van der Waals surface area contributed by atoms with Crippen LogP contribution in [0.3, 0.4) is 0 Å². The van der Waals surface area contributed by atoms with Gasteiger partial charge in [-0.3, -0.25) is 10.2 Å². The van der Waals surface area contributed by atoms with E-state index in [0.717, 1.165) is 12.8 Å². The van der Waals surface area contributed by atoms with Crippen molar-refractivity contribution in [1.29, 1.82) is 0 Å². The summed E-state index contributed by atoms with van der Waals surface area (Å²) < 4.78 is 0. The maximum Gasteiger partial charge on any atom is 0.265 e. The van der Waals surface area contributed by atoms with E-state index in [1.54, 1.807) is 12.1 Å². The number of amides is 1. The molecule has 126 valence electrons. The van der Waals surface area contributed by atoms with E-state index in [4.69, 9.17) is 0 Å². The fourth-order valence-electron chi connectivity index (χ4n) is 2.54. The zero-order valence-corrected chi connectivity index (χ0v) is 14.5. The first-order chi connectivity index (χ1) is 11.5. The Morgan fingerprint density at radius 2 is 1.67 bits per heavy atom. The number of hydrogen-bond donors (Lipinski definition) is 2. The molecule has 0 radical (unpaired) electrons. The molecule has 0 aliphatic carbocycles. The third-order valence-electron chi connectivity index (χ3n) is 4.38. The van der Waals surface area contributed by atoms with E-state index in [1.807, 2.05) is 42.5 Å². The fourth-order valence-corrected chi connectivity index (χ4v) is 2.54. The molecule has 24 heavy (non-hydrogen) atoms. The van der Waals surface area contributed by atoms with Crippen LogP contribution < -0.4 is 10.9 Å². The number of nitrogens with one attached hydrogen (secondary N) is 2. The van der Waals surface area contributed by atoms with Crippen molar-refractivity contribution >= 4 is 5.91 Å². The van der Waals surface area contributed by atoms with Crippen LogP contribution in [0.15, 0.2) is 73.3 Å². The van der Waals surface area contributed by atoms with Crippen molar-refractivity contribution < 1.29 is 4.79 Å². The van der Waals surface area contributed by atoms with E-state index < -0.39 is 0 Å². The number of hydrazine groups is 1. The van der Waals surface area contributed by atoms with E-state index in [0.29, 0.717) is 5.56 Å². The van der Waals surface area contributed by atoms with Crippen LogP contribution in [0.25, 0.3) is 0 Å². The highest BCUT2D eigenvalue weighted by atomic mass is 16.2. The van der Waals surface area contributed by atoms with Gasteiger partial charge < -0.3 is 0 Å². The average molecular weight is 322 g/mol. The number of carbonyl (C=O) groups is 1. The summed E-state index contributed by atoms with van der Waals surface area (Å²) in [6, 6.07) is 19.7. The van der Waals surface area contributed by atoms with Gasteiger partial charge in [0.05, 0.1) is 0 Å². The molecule has 0 heterocycles. The largest absolute Gasteiger partial charge is 0.287 e. The third-order valence-corrected chi connectivity index (χ3v) is 4.38. The van der Waals surface area contributed by atoms with E-state index in [2.05, 4.69) is 43.4 Å². The Labute approximate surface area is 144 Å². The van der Waals surface area contributed by atoms with Crippen LogP contribution in [0.4, 0.5) is 0 Å². The van der Waals surface area contributed by atoms with Crippen molar-refractivity contribution in [2.75, 3.05) is 0 Å². The van der Waals surface area contributed by atoms with Gasteiger partial charge in [-0.2, -0.15) is 0 Å². The van der Waals surface area contributed by atoms with Gasteiger partial charge in [-0.15, -0.1) is 6.58 Å². The van der Waals surface area contributed by atoms with E-state index in [1.165, 1.54) is 5.56 Å². The molecule has 2 rings (SSSR count). The van der Waals surface area contributed by atoms with Crippen LogP contribution in [0.1, 0.15) is 36.2 Å². The molecule has 1 atom stereocenters. The van der Waals surface area contributed by atoms with Crippen LogP contribution in [0.5, 0.6) is 0 Å². The molecule has 0 bridgehead atoms. The Kier molecular flexibility index (Phi) is 6.33. The molecular formula is C21H26N2O. The van der Waals surface area contributed by atoms with Gasteiger partial charge in [0, 0.05) is 11.6 Å². The van der Waals surface area contributed by atoms with Gasteiger partial charge in [-0.05, 0) is 36.0 Å². The third kappa shape index (κ3) is 5.07. The van der Waals surface area contributed by atoms with Gasteiger partial charge in [0.1, 0.15) is 0 Å². The van der Waals surface area contributed by atoms with Crippen molar-refractivity contribution in [3.63, 3.8) is 0 Å². The Morgan fingerprint density at radius 1 is 1.08 bits per heavy atom. The Hall–Kier alpha value is -2.39. The molecule has 0 saturated carbocycles. The van der Waals surface area contributed by atoms with Gasteiger partial charge in [0.15, 0.2) is 0 Å². The lowest BCUT2D eigenvalue weighted by atomic mass is 9.82. The number of aryl methyl sites for hydroxylation is 1. The highest BCUT2D eigenvalue weighted by Gasteiger charge is 2.26. The van der Waals surface area contributed by atoms with E-state index in [-0.39, 0.29) is 17.4 Å². The quantitative estimate of drug-likeness (QED) is 0.566. The van der Waals surface area contributed by atoms with Crippen LogP contribution in [-0.4, -0.2) is 11.9 Å². The minimum Gasteiger partial charge on any atom is -0.287 e. The molecule has 0 aliphatic heterocycles. The summed E-state index contributed by atoms with van der Waals surface area (Å²) in [5, 5.41) is 0. The zero-order valence-electron chi connectivity index (χ0n) is 14.5. The molecule has 0 spiro atoms. The molecule has 0 aliphatic rings. The minimum atomic E-state index is -0.140. The fraction of sp³-hybridized carbons (Fsp3) is 0.286. The van der Waals surface area contributed by atoms with Crippen molar-refractivity contribution in [2.24, 2.45) is 5.41 Å². The summed E-state index contributed by atoms with van der Waals surface area (Å²) in [6.07, 6.45) is 3.78. The molecule has 3 nitrogen and oxygen atoms in total. The van der Waals surface area contributed by atoms with Gasteiger partial charge in [0.2, 0.25) is 0 Å². The van der Waals surface area contributed by atoms with Crippen molar-refractivity contribution in [2.45, 2.75) is 32.7 Å². The van der Waals surface area contributed by atoms with E-state index in [9.17, 15) is 4.79 Å². The van der Waals surface area contributed by atoms with E-state index >= 15 is 0 Å². The van der Waals surface area contributed by atoms with Crippen LogP contribution in [0, 0.1) is 5.41 Å². The van der Waals surface area contributed by atoms with Crippen LogP contribution in [-0.2, 0) is 6.42 Å². The second-order valence-corrected chi connectivity index (χ2v) is 6.57. The van der Waals surface area contributed by atoms with Crippen molar-refractivity contribution in [3.8, 4) is 0 Å². The predicted molar refractivity (Wildman–Crippen MR) is 99.6 cm³/mol. The van der Waals surface area contributed by atoms with Crippen LogP contribution >= 0.6 is 0 Å². The van der Waals surface area contributed by atoms with Gasteiger partial charge in [0.25, 0.3) is 5.91 Å². The summed E-state index contributed by atoms with van der Waals surface area (Å²) in [4.78, 5) is 12.2. The zero-order chi connectivity index (χ0) is 17.4. The number of carbonyl (C=O) groups excluding carboxylic acids is 1. The van der Waals surface area contributed by atoms with Gasteiger partial charge >= 0.3 is 0 Å². The number of hydrogen-bond acceptors (Lipinski definition) is 2. The molecule has 2 N–H and O–H groups in total. The Bertz CT molecular complexity index is 650. The number of benzene rings is 2. The smallest absolute Gasteiger partial charge is 0.265 e. The lowest BCUT2D eigenvalue weighted by Gasteiger charge is -2.32. The Morgan fingerprint density at radius 3 is 2.25 bits per heavy atom. The molecule has 2 aromatic carbocycles. The SMILES string of the molecule is C=CC(C)(C)C(CCc1ccccc1)NNC(=O)c1ccccc1. The molecule has 2 aromatic rings.